The van der Waals surface area contributed by atoms with Gasteiger partial charge in [0.2, 0.25) is 0 Å². The minimum atomic E-state index is -0.312. The van der Waals surface area contributed by atoms with Crippen LogP contribution in [0, 0.1) is 11.8 Å². The minimum absolute atomic E-state index is 0.312. The molecule has 0 radical (unpaired) electrons. The fraction of sp³-hybridized carbons (Fsp3) is 1.00. The third kappa shape index (κ3) is 4.38. The lowest BCUT2D eigenvalue weighted by Gasteiger charge is -2.37. The maximum atomic E-state index is 6.15. The van der Waals surface area contributed by atoms with Crippen molar-refractivity contribution in [2.24, 2.45) is 11.8 Å². The van der Waals surface area contributed by atoms with Crippen molar-refractivity contribution in [2.45, 2.75) is 89.7 Å². The van der Waals surface area contributed by atoms with Crippen LogP contribution in [-0.4, -0.2) is 15.9 Å². The fourth-order valence-electron chi connectivity index (χ4n) is 4.09. The molecule has 18 heavy (non-hydrogen) atoms. The summed E-state index contributed by atoms with van der Waals surface area (Å²) in [5.74, 6) is 2.07. The summed E-state index contributed by atoms with van der Waals surface area (Å²) < 4.78 is 6.15. The van der Waals surface area contributed by atoms with Gasteiger partial charge in [0.25, 0.3) is 0 Å². The quantitative estimate of drug-likeness (QED) is 0.670. The first-order chi connectivity index (χ1) is 8.77. The smallest absolute Gasteiger partial charge is 0.165 e. The Morgan fingerprint density at radius 3 is 1.61 bits per heavy atom. The maximum absolute atomic E-state index is 6.15. The van der Waals surface area contributed by atoms with E-state index in [4.69, 9.17) is 4.43 Å². The Hall–Kier alpha value is 0.177. The highest BCUT2D eigenvalue weighted by atomic mass is 28.2. The van der Waals surface area contributed by atoms with Gasteiger partial charge in [0.05, 0.1) is 0 Å². The molecule has 0 amide bonds. The predicted octanol–water partition coefficient (Wildman–Crippen LogP) is 4.44. The molecule has 0 bridgehead atoms. The summed E-state index contributed by atoms with van der Waals surface area (Å²) in [4.78, 5) is 0. The van der Waals surface area contributed by atoms with E-state index in [1.165, 1.54) is 64.2 Å². The van der Waals surface area contributed by atoms with Gasteiger partial charge in [0.15, 0.2) is 9.76 Å². The van der Waals surface area contributed by atoms with Crippen molar-refractivity contribution >= 4 is 9.76 Å². The van der Waals surface area contributed by atoms with Gasteiger partial charge in [-0.25, -0.2) is 0 Å². The molecular weight excluding hydrogens is 236 g/mol. The first kappa shape index (κ1) is 14.6. The number of hydrogen-bond donors (Lipinski definition) is 0. The molecule has 0 spiro atoms. The minimum Gasteiger partial charge on any atom is -0.421 e. The monoisotopic (exact) mass is 268 g/mol. The molecule has 0 saturated heterocycles. The second kappa shape index (κ2) is 7.69. The zero-order chi connectivity index (χ0) is 12.8. The average Bonchev–Trinajstić information content (AvgIpc) is 2.41. The van der Waals surface area contributed by atoms with Gasteiger partial charge in [0.1, 0.15) is 0 Å². The first-order valence-electron chi connectivity index (χ1n) is 8.39. The Labute approximate surface area is 116 Å². The van der Waals surface area contributed by atoms with Crippen molar-refractivity contribution in [1.29, 1.82) is 0 Å². The second-order valence-electron chi connectivity index (χ2n) is 6.84. The molecule has 1 nitrogen and oxygen atoms in total. The van der Waals surface area contributed by atoms with E-state index in [1.54, 1.807) is 0 Å². The molecule has 2 rings (SSSR count). The lowest BCUT2D eigenvalue weighted by atomic mass is 9.77. The topological polar surface area (TPSA) is 9.23 Å². The van der Waals surface area contributed by atoms with Crippen molar-refractivity contribution in [1.82, 2.24) is 0 Å². The SMILES string of the molecule is CC(C)O[SiH2]C(C1CCCCC1)C1CCCCC1. The van der Waals surface area contributed by atoms with E-state index in [0.717, 1.165) is 17.4 Å². The molecule has 2 fully saturated rings. The zero-order valence-corrected chi connectivity index (χ0v) is 13.9. The summed E-state index contributed by atoms with van der Waals surface area (Å²) in [6, 6.07) is 0. The summed E-state index contributed by atoms with van der Waals surface area (Å²) in [5.41, 5.74) is 1.01. The summed E-state index contributed by atoms with van der Waals surface area (Å²) in [6.07, 6.45) is 15.4. The Morgan fingerprint density at radius 2 is 1.22 bits per heavy atom. The summed E-state index contributed by atoms with van der Waals surface area (Å²) in [6.45, 7) is 4.43. The molecule has 2 aliphatic carbocycles. The van der Waals surface area contributed by atoms with E-state index in [0.29, 0.717) is 6.10 Å². The van der Waals surface area contributed by atoms with Gasteiger partial charge in [-0.05, 0) is 31.2 Å². The van der Waals surface area contributed by atoms with Gasteiger partial charge in [-0.3, -0.25) is 0 Å². The number of rotatable bonds is 5. The van der Waals surface area contributed by atoms with Gasteiger partial charge in [-0.2, -0.15) is 0 Å². The molecule has 0 aromatic rings. The molecule has 2 aliphatic rings. The Bertz CT molecular complexity index is 199. The van der Waals surface area contributed by atoms with Gasteiger partial charge < -0.3 is 4.43 Å². The molecule has 0 heterocycles. The molecule has 0 aromatic carbocycles. The molecule has 0 unspecified atom stereocenters. The number of hydrogen-bond acceptors (Lipinski definition) is 1. The Balaban J connectivity index is 1.91. The third-order valence-corrected chi connectivity index (χ3v) is 7.71. The van der Waals surface area contributed by atoms with Crippen molar-refractivity contribution in [3.8, 4) is 0 Å². The van der Waals surface area contributed by atoms with E-state index in [2.05, 4.69) is 13.8 Å². The van der Waals surface area contributed by atoms with Crippen LogP contribution in [0.15, 0.2) is 0 Å². The molecule has 0 N–H and O–H groups in total. The van der Waals surface area contributed by atoms with E-state index < -0.39 is 0 Å². The van der Waals surface area contributed by atoms with E-state index in [-0.39, 0.29) is 9.76 Å². The van der Waals surface area contributed by atoms with Crippen LogP contribution in [0.1, 0.15) is 78.1 Å². The van der Waals surface area contributed by atoms with Crippen LogP contribution in [0.25, 0.3) is 0 Å². The van der Waals surface area contributed by atoms with E-state index >= 15 is 0 Å². The zero-order valence-electron chi connectivity index (χ0n) is 12.5. The van der Waals surface area contributed by atoms with E-state index in [1.807, 2.05) is 0 Å². The first-order valence-corrected chi connectivity index (χ1v) is 9.78. The van der Waals surface area contributed by atoms with Gasteiger partial charge in [-0.15, -0.1) is 0 Å². The van der Waals surface area contributed by atoms with Crippen LogP contribution in [-0.2, 0) is 4.43 Å². The molecule has 106 valence electrons. The molecule has 2 saturated carbocycles. The summed E-state index contributed by atoms with van der Waals surface area (Å²) >= 11 is 0. The lowest BCUT2D eigenvalue weighted by molar-refractivity contribution is 0.199. The predicted molar refractivity (Wildman–Crippen MR) is 81.7 cm³/mol. The van der Waals surface area contributed by atoms with Crippen LogP contribution >= 0.6 is 0 Å². The highest BCUT2D eigenvalue weighted by molar-refractivity contribution is 6.29. The fourth-order valence-corrected chi connectivity index (χ4v) is 6.18. The van der Waals surface area contributed by atoms with Crippen LogP contribution in [0.2, 0.25) is 5.54 Å². The Kier molecular flexibility index (Phi) is 6.23. The molecule has 2 heteroatoms. The van der Waals surface area contributed by atoms with Crippen molar-refractivity contribution < 1.29 is 4.43 Å². The lowest BCUT2D eigenvalue weighted by Crippen LogP contribution is -2.29. The second-order valence-corrected chi connectivity index (χ2v) is 8.45. The summed E-state index contributed by atoms with van der Waals surface area (Å²) in [7, 11) is -0.312. The molecule has 0 atom stereocenters. The van der Waals surface area contributed by atoms with Crippen molar-refractivity contribution in [2.75, 3.05) is 0 Å². The van der Waals surface area contributed by atoms with Crippen molar-refractivity contribution in [3.05, 3.63) is 0 Å². The summed E-state index contributed by atoms with van der Waals surface area (Å²) in [5, 5.41) is 0. The molecular formula is C16H32OSi. The average molecular weight is 269 g/mol. The van der Waals surface area contributed by atoms with E-state index in [9.17, 15) is 0 Å². The highest BCUT2D eigenvalue weighted by Gasteiger charge is 2.32. The Morgan fingerprint density at radius 1 is 0.778 bits per heavy atom. The highest BCUT2D eigenvalue weighted by Crippen LogP contribution is 2.43. The van der Waals surface area contributed by atoms with Gasteiger partial charge >= 0.3 is 0 Å². The largest absolute Gasteiger partial charge is 0.421 e. The third-order valence-electron chi connectivity index (χ3n) is 5.13. The van der Waals surface area contributed by atoms with Crippen LogP contribution < -0.4 is 0 Å². The van der Waals surface area contributed by atoms with Crippen molar-refractivity contribution in [3.63, 3.8) is 0 Å². The van der Waals surface area contributed by atoms with Gasteiger partial charge in [0, 0.05) is 6.10 Å². The molecule has 0 aromatic heterocycles. The van der Waals surface area contributed by atoms with Crippen LogP contribution in [0.4, 0.5) is 0 Å². The molecule has 0 aliphatic heterocycles. The normalized spacial score (nSPS) is 24.7. The van der Waals surface area contributed by atoms with Gasteiger partial charge in [-0.1, -0.05) is 64.2 Å². The maximum Gasteiger partial charge on any atom is 0.165 e. The van der Waals surface area contributed by atoms with Crippen LogP contribution in [0.3, 0.4) is 0 Å². The standard InChI is InChI=1S/C16H32OSi/c1-13(2)17-18-16(14-9-5-3-6-10-14)15-11-7-4-8-12-15/h13-16H,3-12,18H2,1-2H3. The van der Waals surface area contributed by atoms with Crippen LogP contribution in [0.5, 0.6) is 0 Å².